The largest absolute Gasteiger partial charge is 0.381 e. The molecule has 0 amide bonds. The fourth-order valence-corrected chi connectivity index (χ4v) is 2.63. The van der Waals surface area contributed by atoms with Gasteiger partial charge in [-0.3, -0.25) is 0 Å². The van der Waals surface area contributed by atoms with Gasteiger partial charge in [0.2, 0.25) is 0 Å². The van der Waals surface area contributed by atoms with E-state index in [0.29, 0.717) is 19.8 Å². The first kappa shape index (κ1) is 15.2. The third-order valence-corrected chi connectivity index (χ3v) is 3.92. The minimum atomic E-state index is -0.0644. The van der Waals surface area contributed by atoms with Crippen LogP contribution < -0.4 is 5.69 Å². The molecule has 2 rings (SSSR count). The third kappa shape index (κ3) is 4.16. The molecule has 114 valence electrons. The quantitative estimate of drug-likeness (QED) is 0.685. The maximum atomic E-state index is 12.2. The zero-order chi connectivity index (χ0) is 14.2. The Balaban J connectivity index is 1.78. The van der Waals surface area contributed by atoms with Crippen molar-refractivity contribution in [3.8, 4) is 0 Å². The second-order valence-corrected chi connectivity index (χ2v) is 5.54. The summed E-state index contributed by atoms with van der Waals surface area (Å²) in [6, 6.07) is 0.162. The van der Waals surface area contributed by atoms with E-state index in [2.05, 4.69) is 17.4 Å². The molecule has 1 aliphatic rings. The van der Waals surface area contributed by atoms with Gasteiger partial charge in [0.25, 0.3) is 0 Å². The summed E-state index contributed by atoms with van der Waals surface area (Å²) in [7, 11) is 0. The lowest BCUT2D eigenvalue weighted by molar-refractivity contribution is 0.0647. The average molecular weight is 282 g/mol. The standard InChI is InChI=1S/C14H26N4O2/c1-2-3-4-5-6-7-10-17-14(19)18(16-15-17)13-8-11-20-12-9-13/h13H,2-12H2,1H3. The number of rotatable bonds is 8. The number of tetrazole rings is 1. The van der Waals surface area contributed by atoms with E-state index < -0.39 is 0 Å². The van der Waals surface area contributed by atoms with E-state index >= 15 is 0 Å². The maximum absolute atomic E-state index is 12.2. The Morgan fingerprint density at radius 1 is 1.10 bits per heavy atom. The van der Waals surface area contributed by atoms with E-state index in [1.807, 2.05) is 0 Å². The second-order valence-electron chi connectivity index (χ2n) is 5.54. The maximum Gasteiger partial charge on any atom is 0.363 e. The highest BCUT2D eigenvalue weighted by Gasteiger charge is 2.20. The molecule has 0 aliphatic carbocycles. The predicted octanol–water partition coefficient (Wildman–Crippen LogP) is 2.15. The van der Waals surface area contributed by atoms with Crippen molar-refractivity contribution >= 4 is 0 Å². The summed E-state index contributed by atoms with van der Waals surface area (Å²) in [5.41, 5.74) is -0.0644. The molecule has 0 aromatic carbocycles. The summed E-state index contributed by atoms with van der Waals surface area (Å²) in [5.74, 6) is 0. The van der Waals surface area contributed by atoms with Crippen LogP contribution in [0, 0.1) is 0 Å². The van der Waals surface area contributed by atoms with Crippen molar-refractivity contribution in [2.75, 3.05) is 13.2 Å². The van der Waals surface area contributed by atoms with E-state index in [4.69, 9.17) is 4.74 Å². The number of aromatic nitrogens is 4. The van der Waals surface area contributed by atoms with Crippen molar-refractivity contribution < 1.29 is 4.74 Å². The van der Waals surface area contributed by atoms with E-state index in [1.165, 1.54) is 30.4 Å². The topological polar surface area (TPSA) is 61.9 Å². The zero-order valence-electron chi connectivity index (χ0n) is 12.5. The summed E-state index contributed by atoms with van der Waals surface area (Å²) < 4.78 is 8.36. The van der Waals surface area contributed by atoms with E-state index in [-0.39, 0.29) is 11.7 Å². The number of unbranched alkanes of at least 4 members (excludes halogenated alkanes) is 5. The van der Waals surface area contributed by atoms with Crippen molar-refractivity contribution in [1.82, 2.24) is 19.8 Å². The molecule has 1 aromatic rings. The molecule has 0 bridgehead atoms. The van der Waals surface area contributed by atoms with Crippen molar-refractivity contribution in [2.45, 2.75) is 70.9 Å². The summed E-state index contributed by atoms with van der Waals surface area (Å²) in [6.07, 6.45) is 8.99. The number of nitrogens with zero attached hydrogens (tertiary/aromatic N) is 4. The van der Waals surface area contributed by atoms with Gasteiger partial charge in [-0.05, 0) is 29.7 Å². The van der Waals surface area contributed by atoms with Gasteiger partial charge >= 0.3 is 5.69 Å². The molecule has 2 heterocycles. The molecule has 20 heavy (non-hydrogen) atoms. The van der Waals surface area contributed by atoms with Crippen LogP contribution in [0.2, 0.25) is 0 Å². The predicted molar refractivity (Wildman–Crippen MR) is 76.7 cm³/mol. The number of aryl methyl sites for hydroxylation is 1. The van der Waals surface area contributed by atoms with Gasteiger partial charge in [-0.2, -0.15) is 9.36 Å². The van der Waals surface area contributed by atoms with Crippen molar-refractivity contribution in [1.29, 1.82) is 0 Å². The summed E-state index contributed by atoms with van der Waals surface area (Å²) in [4.78, 5) is 12.2. The van der Waals surface area contributed by atoms with Crippen molar-refractivity contribution in [3.63, 3.8) is 0 Å². The molecule has 1 aromatic heterocycles. The van der Waals surface area contributed by atoms with Crippen LogP contribution in [0.15, 0.2) is 4.79 Å². The van der Waals surface area contributed by atoms with Crippen LogP contribution in [0.3, 0.4) is 0 Å². The molecule has 0 spiro atoms. The van der Waals surface area contributed by atoms with Gasteiger partial charge in [0.1, 0.15) is 0 Å². The number of ether oxygens (including phenoxy) is 1. The summed E-state index contributed by atoms with van der Waals surface area (Å²) in [5, 5.41) is 8.03. The second kappa shape index (κ2) is 8.19. The molecule has 0 saturated carbocycles. The van der Waals surface area contributed by atoms with Gasteiger partial charge in [0, 0.05) is 19.8 Å². The van der Waals surface area contributed by atoms with Gasteiger partial charge in [-0.25, -0.2) is 4.79 Å². The lowest BCUT2D eigenvalue weighted by Gasteiger charge is -2.20. The lowest BCUT2D eigenvalue weighted by atomic mass is 10.1. The smallest absolute Gasteiger partial charge is 0.363 e. The Morgan fingerprint density at radius 2 is 1.80 bits per heavy atom. The van der Waals surface area contributed by atoms with Gasteiger partial charge in [0.15, 0.2) is 0 Å². The van der Waals surface area contributed by atoms with Gasteiger partial charge in [-0.15, -0.1) is 0 Å². The van der Waals surface area contributed by atoms with Crippen LogP contribution >= 0.6 is 0 Å². The van der Waals surface area contributed by atoms with Crippen LogP contribution in [0.4, 0.5) is 0 Å². The Hall–Kier alpha value is -1.17. The summed E-state index contributed by atoms with van der Waals surface area (Å²) >= 11 is 0. The molecule has 0 unspecified atom stereocenters. The highest BCUT2D eigenvalue weighted by molar-refractivity contribution is 4.71. The number of hydrogen-bond acceptors (Lipinski definition) is 4. The molecule has 0 N–H and O–H groups in total. The van der Waals surface area contributed by atoms with Gasteiger partial charge in [0.05, 0.1) is 6.04 Å². The monoisotopic (exact) mass is 282 g/mol. The normalized spacial score (nSPS) is 16.6. The Labute approximate surface area is 120 Å². The first-order chi connectivity index (χ1) is 9.83. The molecular weight excluding hydrogens is 256 g/mol. The van der Waals surface area contributed by atoms with E-state index in [1.54, 1.807) is 4.68 Å². The van der Waals surface area contributed by atoms with E-state index in [9.17, 15) is 4.79 Å². The first-order valence-electron chi connectivity index (χ1n) is 7.93. The fourth-order valence-electron chi connectivity index (χ4n) is 2.63. The molecule has 0 atom stereocenters. The van der Waals surface area contributed by atoms with Crippen molar-refractivity contribution in [2.24, 2.45) is 0 Å². The summed E-state index contributed by atoms with van der Waals surface area (Å²) in [6.45, 7) is 4.32. The van der Waals surface area contributed by atoms with E-state index in [0.717, 1.165) is 25.7 Å². The first-order valence-corrected chi connectivity index (χ1v) is 7.93. The molecule has 1 saturated heterocycles. The van der Waals surface area contributed by atoms with Crippen LogP contribution in [-0.2, 0) is 11.3 Å². The molecule has 1 fully saturated rings. The fraction of sp³-hybridized carbons (Fsp3) is 0.929. The molecule has 1 aliphatic heterocycles. The van der Waals surface area contributed by atoms with Crippen LogP contribution in [0.5, 0.6) is 0 Å². The molecule has 0 radical (unpaired) electrons. The van der Waals surface area contributed by atoms with Crippen LogP contribution in [0.25, 0.3) is 0 Å². The highest BCUT2D eigenvalue weighted by atomic mass is 16.5. The van der Waals surface area contributed by atoms with Crippen LogP contribution in [0.1, 0.15) is 64.3 Å². The lowest BCUT2D eigenvalue weighted by Crippen LogP contribution is -2.31. The minimum Gasteiger partial charge on any atom is -0.381 e. The average Bonchev–Trinajstić information content (AvgIpc) is 2.85. The Bertz CT molecular complexity index is 435. The van der Waals surface area contributed by atoms with Gasteiger partial charge in [-0.1, -0.05) is 39.0 Å². The number of hydrogen-bond donors (Lipinski definition) is 0. The minimum absolute atomic E-state index is 0.0644. The molecular formula is C14H26N4O2. The third-order valence-electron chi connectivity index (χ3n) is 3.92. The van der Waals surface area contributed by atoms with Gasteiger partial charge < -0.3 is 4.74 Å². The molecule has 6 nitrogen and oxygen atoms in total. The van der Waals surface area contributed by atoms with Crippen LogP contribution in [-0.4, -0.2) is 33.0 Å². The Kier molecular flexibility index (Phi) is 6.24. The van der Waals surface area contributed by atoms with Crippen molar-refractivity contribution in [3.05, 3.63) is 10.5 Å². The highest BCUT2D eigenvalue weighted by Crippen LogP contribution is 2.17. The molecule has 6 heteroatoms. The Morgan fingerprint density at radius 3 is 2.55 bits per heavy atom. The zero-order valence-corrected chi connectivity index (χ0v) is 12.5. The SMILES string of the molecule is CCCCCCCCn1nnn(C2CCOCC2)c1=O.